The molecule has 1 fully saturated rings. The van der Waals surface area contributed by atoms with E-state index in [1.165, 1.54) is 4.31 Å². The van der Waals surface area contributed by atoms with Crippen LogP contribution in [0.4, 0.5) is 5.69 Å². The molecular formula is C23H29N3O4S. The molecule has 0 radical (unpaired) electrons. The molecule has 0 spiro atoms. The molecule has 7 nitrogen and oxygen atoms in total. The molecule has 1 heterocycles. The number of unbranched alkanes of at least 4 members (excludes halogenated alkanes) is 1. The summed E-state index contributed by atoms with van der Waals surface area (Å²) in [5.74, 6) is -0.994. The first-order chi connectivity index (χ1) is 14.9. The third-order valence-corrected chi connectivity index (χ3v) is 7.26. The van der Waals surface area contributed by atoms with E-state index in [4.69, 9.17) is 0 Å². The number of piperidine rings is 1. The van der Waals surface area contributed by atoms with Crippen molar-refractivity contribution in [1.29, 1.82) is 0 Å². The van der Waals surface area contributed by atoms with E-state index in [2.05, 4.69) is 10.6 Å². The van der Waals surface area contributed by atoms with Gasteiger partial charge in [-0.2, -0.15) is 4.31 Å². The lowest BCUT2D eigenvalue weighted by molar-refractivity contribution is -0.120. The van der Waals surface area contributed by atoms with Crippen molar-refractivity contribution in [2.75, 3.05) is 25.0 Å². The first kappa shape index (κ1) is 23.0. The molecular weight excluding hydrogens is 414 g/mol. The van der Waals surface area contributed by atoms with Crippen LogP contribution in [0.1, 0.15) is 43.0 Å². The topological polar surface area (TPSA) is 95.6 Å². The second-order valence-electron chi connectivity index (χ2n) is 7.66. The van der Waals surface area contributed by atoms with Crippen LogP contribution in [0.3, 0.4) is 0 Å². The Kier molecular flexibility index (Phi) is 7.81. The average molecular weight is 444 g/mol. The number of hydrogen-bond acceptors (Lipinski definition) is 4. The largest absolute Gasteiger partial charge is 0.352 e. The van der Waals surface area contributed by atoms with Gasteiger partial charge in [-0.05, 0) is 43.5 Å². The summed E-state index contributed by atoms with van der Waals surface area (Å²) in [5.41, 5.74) is 0.834. The molecule has 8 heteroatoms. The molecule has 2 aromatic carbocycles. The summed E-state index contributed by atoms with van der Waals surface area (Å²) in [4.78, 5) is 25.7. The number of nitrogens with zero attached hydrogens (tertiary/aromatic N) is 1. The third kappa shape index (κ3) is 5.71. The number of anilines is 1. The summed E-state index contributed by atoms with van der Waals surface area (Å²) in [6.07, 6.45) is 3.05. The fourth-order valence-electron chi connectivity index (χ4n) is 3.62. The van der Waals surface area contributed by atoms with Gasteiger partial charge in [-0.3, -0.25) is 9.59 Å². The Morgan fingerprint density at radius 3 is 2.52 bits per heavy atom. The molecule has 1 saturated heterocycles. The van der Waals surface area contributed by atoms with Gasteiger partial charge in [0.15, 0.2) is 0 Å². The zero-order valence-corrected chi connectivity index (χ0v) is 18.5. The lowest BCUT2D eigenvalue weighted by Gasteiger charge is -2.31. The van der Waals surface area contributed by atoms with Crippen LogP contribution in [-0.4, -0.2) is 44.2 Å². The second-order valence-corrected chi connectivity index (χ2v) is 9.60. The number of sulfonamides is 1. The minimum Gasteiger partial charge on any atom is -0.352 e. The first-order valence-corrected chi connectivity index (χ1v) is 12.1. The molecule has 0 aromatic heterocycles. The van der Waals surface area contributed by atoms with Crippen molar-refractivity contribution >= 4 is 27.5 Å². The molecule has 2 aromatic rings. The van der Waals surface area contributed by atoms with Crippen molar-refractivity contribution in [3.63, 3.8) is 0 Å². The van der Waals surface area contributed by atoms with E-state index < -0.39 is 15.9 Å². The quantitative estimate of drug-likeness (QED) is 0.612. The number of para-hydroxylation sites is 1. The van der Waals surface area contributed by atoms with Crippen LogP contribution in [0.25, 0.3) is 0 Å². The number of carbonyl (C=O) groups excluding carboxylic acids is 2. The fourth-order valence-corrected chi connectivity index (χ4v) is 5.16. The molecule has 1 aliphatic heterocycles. The molecule has 31 heavy (non-hydrogen) atoms. The van der Waals surface area contributed by atoms with Crippen molar-refractivity contribution in [3.05, 3.63) is 60.2 Å². The van der Waals surface area contributed by atoms with Crippen molar-refractivity contribution in [3.8, 4) is 0 Å². The van der Waals surface area contributed by atoms with Crippen LogP contribution in [0.15, 0.2) is 59.5 Å². The number of benzene rings is 2. The second kappa shape index (κ2) is 10.5. The lowest BCUT2D eigenvalue weighted by Crippen LogP contribution is -2.43. The van der Waals surface area contributed by atoms with Crippen molar-refractivity contribution < 1.29 is 18.0 Å². The van der Waals surface area contributed by atoms with E-state index in [0.717, 1.165) is 12.8 Å². The summed E-state index contributed by atoms with van der Waals surface area (Å²) in [7, 11) is -3.65. The SMILES string of the molecule is CCCCNC(=O)c1ccccc1NC(=O)[C@H]1CCCN(S(=O)(=O)c2ccccc2)C1. The average Bonchev–Trinajstić information content (AvgIpc) is 2.80. The highest BCUT2D eigenvalue weighted by atomic mass is 32.2. The van der Waals surface area contributed by atoms with Crippen LogP contribution < -0.4 is 10.6 Å². The Morgan fingerprint density at radius 1 is 1.06 bits per heavy atom. The van der Waals surface area contributed by atoms with Crippen LogP contribution in [-0.2, 0) is 14.8 Å². The maximum atomic E-state index is 12.9. The van der Waals surface area contributed by atoms with Gasteiger partial charge in [-0.15, -0.1) is 0 Å². The molecule has 0 saturated carbocycles. The Labute approximate surface area is 183 Å². The van der Waals surface area contributed by atoms with E-state index >= 15 is 0 Å². The standard InChI is InChI=1S/C23H29N3O4S/c1-2-3-15-24-23(28)20-13-7-8-14-21(20)25-22(27)18-10-9-16-26(17-18)31(29,30)19-11-5-4-6-12-19/h4-8,11-14,18H,2-3,9-10,15-17H2,1H3,(H,24,28)(H,25,27)/t18-/m0/s1. The van der Waals surface area contributed by atoms with Crippen LogP contribution in [0.5, 0.6) is 0 Å². The van der Waals surface area contributed by atoms with Gasteiger partial charge in [0.05, 0.1) is 22.1 Å². The number of amides is 2. The van der Waals surface area contributed by atoms with E-state index in [0.29, 0.717) is 37.2 Å². The molecule has 2 N–H and O–H groups in total. The summed E-state index contributed by atoms with van der Waals surface area (Å²) >= 11 is 0. The summed E-state index contributed by atoms with van der Waals surface area (Å²) < 4.78 is 27.2. The molecule has 1 aliphatic rings. The minimum atomic E-state index is -3.65. The predicted octanol–water partition coefficient (Wildman–Crippen LogP) is 3.26. The van der Waals surface area contributed by atoms with E-state index in [1.807, 2.05) is 6.92 Å². The van der Waals surface area contributed by atoms with Crippen molar-refractivity contribution in [2.24, 2.45) is 5.92 Å². The minimum absolute atomic E-state index is 0.119. The van der Waals surface area contributed by atoms with E-state index in [-0.39, 0.29) is 23.3 Å². The first-order valence-electron chi connectivity index (χ1n) is 10.7. The Balaban J connectivity index is 1.69. The summed E-state index contributed by atoms with van der Waals surface area (Å²) in [6.45, 7) is 3.13. The highest BCUT2D eigenvalue weighted by Gasteiger charge is 2.33. The Bertz CT molecular complexity index is 1010. The van der Waals surface area contributed by atoms with Crippen LogP contribution in [0.2, 0.25) is 0 Å². The van der Waals surface area contributed by atoms with Gasteiger partial charge in [-0.25, -0.2) is 8.42 Å². The molecule has 0 bridgehead atoms. The number of nitrogens with one attached hydrogen (secondary N) is 2. The third-order valence-electron chi connectivity index (χ3n) is 5.38. The van der Waals surface area contributed by atoms with Crippen molar-refractivity contribution in [1.82, 2.24) is 9.62 Å². The fraction of sp³-hybridized carbons (Fsp3) is 0.391. The smallest absolute Gasteiger partial charge is 0.253 e. The molecule has 0 unspecified atom stereocenters. The maximum absolute atomic E-state index is 12.9. The van der Waals surface area contributed by atoms with Crippen LogP contribution in [0, 0.1) is 5.92 Å². The molecule has 1 atom stereocenters. The molecule has 0 aliphatic carbocycles. The zero-order chi connectivity index (χ0) is 22.3. The van der Waals surface area contributed by atoms with Gasteiger partial charge in [0.1, 0.15) is 0 Å². The Morgan fingerprint density at radius 2 is 1.77 bits per heavy atom. The summed E-state index contributed by atoms with van der Waals surface area (Å²) in [6, 6.07) is 15.1. The van der Waals surface area contributed by atoms with E-state index in [9.17, 15) is 18.0 Å². The number of rotatable bonds is 8. The Hall–Kier alpha value is -2.71. The predicted molar refractivity (Wildman–Crippen MR) is 120 cm³/mol. The van der Waals surface area contributed by atoms with Gasteiger partial charge in [0.2, 0.25) is 15.9 Å². The highest BCUT2D eigenvalue weighted by Crippen LogP contribution is 2.25. The van der Waals surface area contributed by atoms with E-state index in [1.54, 1.807) is 54.6 Å². The highest BCUT2D eigenvalue weighted by molar-refractivity contribution is 7.89. The van der Waals surface area contributed by atoms with Gasteiger partial charge in [0.25, 0.3) is 5.91 Å². The van der Waals surface area contributed by atoms with Crippen molar-refractivity contribution in [2.45, 2.75) is 37.5 Å². The summed E-state index contributed by atoms with van der Waals surface area (Å²) in [5, 5.41) is 5.70. The molecule has 3 rings (SSSR count). The molecule has 166 valence electrons. The normalized spacial score (nSPS) is 17.1. The maximum Gasteiger partial charge on any atom is 0.253 e. The lowest BCUT2D eigenvalue weighted by atomic mass is 9.98. The molecule has 2 amide bonds. The van der Waals surface area contributed by atoms with Gasteiger partial charge in [0, 0.05) is 19.6 Å². The number of carbonyl (C=O) groups is 2. The zero-order valence-electron chi connectivity index (χ0n) is 17.7. The number of hydrogen-bond donors (Lipinski definition) is 2. The monoisotopic (exact) mass is 443 g/mol. The van der Waals surface area contributed by atoms with Gasteiger partial charge >= 0.3 is 0 Å². The van der Waals surface area contributed by atoms with Gasteiger partial charge < -0.3 is 10.6 Å². The van der Waals surface area contributed by atoms with Gasteiger partial charge in [-0.1, -0.05) is 43.7 Å². The van der Waals surface area contributed by atoms with Crippen LogP contribution >= 0.6 is 0 Å².